The van der Waals surface area contributed by atoms with Gasteiger partial charge in [-0.05, 0) is 24.5 Å². The van der Waals surface area contributed by atoms with Crippen LogP contribution in [0.15, 0.2) is 24.3 Å². The van der Waals surface area contributed by atoms with Crippen molar-refractivity contribution >= 4 is 11.4 Å². The lowest BCUT2D eigenvalue weighted by molar-refractivity contribution is 0.519. The summed E-state index contributed by atoms with van der Waals surface area (Å²) in [6, 6.07) is 7.98. The zero-order valence-corrected chi connectivity index (χ0v) is 9.21. The minimum absolute atomic E-state index is 0.851. The van der Waals surface area contributed by atoms with Gasteiger partial charge in [0.1, 0.15) is 0 Å². The quantitative estimate of drug-likeness (QED) is 0.739. The molecule has 0 aromatic heterocycles. The molecule has 0 aliphatic heterocycles. The van der Waals surface area contributed by atoms with E-state index >= 15 is 0 Å². The van der Waals surface area contributed by atoms with Crippen molar-refractivity contribution in [2.24, 2.45) is 5.92 Å². The normalized spacial score (nSPS) is 16.8. The Balaban J connectivity index is 1.75. The Morgan fingerprint density at radius 3 is 2.67 bits per heavy atom. The summed E-state index contributed by atoms with van der Waals surface area (Å²) >= 11 is 0. The van der Waals surface area contributed by atoms with Crippen molar-refractivity contribution in [3.63, 3.8) is 0 Å². The Morgan fingerprint density at radius 1 is 1.20 bits per heavy atom. The van der Waals surface area contributed by atoms with E-state index in [4.69, 9.17) is 5.73 Å². The molecule has 0 atom stereocenters. The molecule has 2 rings (SSSR count). The van der Waals surface area contributed by atoms with Gasteiger partial charge < -0.3 is 11.1 Å². The number of hydrogen-bond acceptors (Lipinski definition) is 2. The molecular weight excluding hydrogens is 184 g/mol. The lowest BCUT2D eigenvalue weighted by Gasteiger charge is -2.12. The van der Waals surface area contributed by atoms with Gasteiger partial charge in [0, 0.05) is 6.54 Å². The van der Waals surface area contributed by atoms with E-state index in [-0.39, 0.29) is 0 Å². The number of para-hydroxylation sites is 2. The number of benzene rings is 1. The van der Waals surface area contributed by atoms with Crippen LogP contribution in [0.5, 0.6) is 0 Å². The molecule has 1 saturated carbocycles. The molecule has 1 aromatic rings. The third-order valence-electron chi connectivity index (χ3n) is 3.30. The van der Waals surface area contributed by atoms with Crippen molar-refractivity contribution in [1.29, 1.82) is 0 Å². The average molecular weight is 204 g/mol. The fraction of sp³-hybridized carbons (Fsp3) is 0.538. The predicted molar refractivity (Wildman–Crippen MR) is 65.9 cm³/mol. The van der Waals surface area contributed by atoms with Crippen LogP contribution < -0.4 is 11.1 Å². The first kappa shape index (κ1) is 10.3. The third kappa shape index (κ3) is 2.88. The van der Waals surface area contributed by atoms with Crippen molar-refractivity contribution in [2.45, 2.75) is 32.1 Å². The van der Waals surface area contributed by atoms with Gasteiger partial charge in [0.2, 0.25) is 0 Å². The first-order chi connectivity index (χ1) is 7.36. The van der Waals surface area contributed by atoms with Crippen LogP contribution in [0.2, 0.25) is 0 Å². The van der Waals surface area contributed by atoms with Gasteiger partial charge in [0.15, 0.2) is 0 Å². The highest BCUT2D eigenvalue weighted by molar-refractivity contribution is 5.65. The van der Waals surface area contributed by atoms with Crippen LogP contribution in [0.3, 0.4) is 0 Å². The summed E-state index contributed by atoms with van der Waals surface area (Å²) in [5.41, 5.74) is 7.78. The number of nitrogen functional groups attached to an aromatic ring is 1. The summed E-state index contributed by atoms with van der Waals surface area (Å²) in [5.74, 6) is 0.947. The maximum atomic E-state index is 5.85. The second-order valence-corrected chi connectivity index (χ2v) is 4.45. The molecule has 2 nitrogen and oxygen atoms in total. The van der Waals surface area contributed by atoms with Gasteiger partial charge in [-0.2, -0.15) is 0 Å². The van der Waals surface area contributed by atoms with Crippen molar-refractivity contribution in [3.8, 4) is 0 Å². The van der Waals surface area contributed by atoms with E-state index in [0.29, 0.717) is 0 Å². The third-order valence-corrected chi connectivity index (χ3v) is 3.30. The van der Waals surface area contributed by atoms with E-state index in [2.05, 4.69) is 5.32 Å². The Morgan fingerprint density at radius 2 is 1.93 bits per heavy atom. The average Bonchev–Trinajstić information content (AvgIpc) is 2.74. The Labute approximate surface area is 91.9 Å². The lowest BCUT2D eigenvalue weighted by atomic mass is 10.0. The molecule has 0 saturated heterocycles. The Hall–Kier alpha value is -1.18. The van der Waals surface area contributed by atoms with Gasteiger partial charge in [-0.25, -0.2) is 0 Å². The number of nitrogens with two attached hydrogens (primary N) is 1. The topological polar surface area (TPSA) is 38.0 Å². The number of nitrogens with one attached hydrogen (secondary N) is 1. The molecule has 82 valence electrons. The monoisotopic (exact) mass is 204 g/mol. The number of hydrogen-bond donors (Lipinski definition) is 2. The maximum absolute atomic E-state index is 5.85. The minimum Gasteiger partial charge on any atom is -0.397 e. The van der Waals surface area contributed by atoms with Crippen molar-refractivity contribution in [2.75, 3.05) is 17.6 Å². The van der Waals surface area contributed by atoms with Gasteiger partial charge in [-0.1, -0.05) is 37.8 Å². The number of anilines is 2. The van der Waals surface area contributed by atoms with E-state index in [1.54, 1.807) is 0 Å². The lowest BCUT2D eigenvalue weighted by Crippen LogP contribution is -2.07. The molecule has 0 amide bonds. The molecular formula is C13H20N2. The van der Waals surface area contributed by atoms with E-state index < -0.39 is 0 Å². The number of rotatable bonds is 4. The maximum Gasteiger partial charge on any atom is 0.0573 e. The highest BCUT2D eigenvalue weighted by Crippen LogP contribution is 2.27. The van der Waals surface area contributed by atoms with Crippen LogP contribution >= 0.6 is 0 Å². The molecule has 1 aliphatic carbocycles. The van der Waals surface area contributed by atoms with Crippen molar-refractivity contribution in [1.82, 2.24) is 0 Å². The Bertz CT molecular complexity index is 303. The molecule has 1 fully saturated rings. The summed E-state index contributed by atoms with van der Waals surface area (Å²) in [4.78, 5) is 0. The fourth-order valence-corrected chi connectivity index (χ4v) is 2.37. The second kappa shape index (κ2) is 5.06. The summed E-state index contributed by atoms with van der Waals surface area (Å²) < 4.78 is 0. The van der Waals surface area contributed by atoms with E-state index in [0.717, 1.165) is 23.8 Å². The zero-order chi connectivity index (χ0) is 10.5. The summed E-state index contributed by atoms with van der Waals surface area (Å²) in [6.45, 7) is 1.05. The van der Waals surface area contributed by atoms with Crippen LogP contribution in [0.25, 0.3) is 0 Å². The van der Waals surface area contributed by atoms with Gasteiger partial charge in [0.25, 0.3) is 0 Å². The molecule has 3 N–H and O–H groups in total. The first-order valence-corrected chi connectivity index (χ1v) is 5.94. The van der Waals surface area contributed by atoms with E-state index in [1.165, 1.54) is 32.1 Å². The van der Waals surface area contributed by atoms with Gasteiger partial charge >= 0.3 is 0 Å². The largest absolute Gasteiger partial charge is 0.397 e. The van der Waals surface area contributed by atoms with Gasteiger partial charge in [0.05, 0.1) is 11.4 Å². The van der Waals surface area contributed by atoms with E-state index in [1.807, 2.05) is 24.3 Å². The molecule has 0 spiro atoms. The zero-order valence-electron chi connectivity index (χ0n) is 9.21. The van der Waals surface area contributed by atoms with Crippen LogP contribution in [0.4, 0.5) is 11.4 Å². The van der Waals surface area contributed by atoms with Crippen LogP contribution in [-0.2, 0) is 0 Å². The molecule has 0 radical (unpaired) electrons. The van der Waals surface area contributed by atoms with Crippen LogP contribution in [-0.4, -0.2) is 6.54 Å². The second-order valence-electron chi connectivity index (χ2n) is 4.45. The van der Waals surface area contributed by atoms with Crippen molar-refractivity contribution in [3.05, 3.63) is 24.3 Å². The molecule has 0 unspecified atom stereocenters. The molecule has 0 heterocycles. The first-order valence-electron chi connectivity index (χ1n) is 5.94. The molecule has 2 heteroatoms. The van der Waals surface area contributed by atoms with Crippen LogP contribution in [0, 0.1) is 5.92 Å². The Kier molecular flexibility index (Phi) is 3.49. The SMILES string of the molecule is Nc1ccccc1NCCC1CCCC1. The minimum atomic E-state index is 0.851. The molecule has 1 aliphatic rings. The van der Waals surface area contributed by atoms with E-state index in [9.17, 15) is 0 Å². The summed E-state index contributed by atoms with van der Waals surface area (Å²) in [7, 11) is 0. The molecule has 1 aromatic carbocycles. The standard InChI is InChI=1S/C13H20N2/c14-12-7-3-4-8-13(12)15-10-9-11-5-1-2-6-11/h3-4,7-8,11,15H,1-2,5-6,9-10,14H2. The molecule has 0 bridgehead atoms. The fourth-order valence-electron chi connectivity index (χ4n) is 2.37. The van der Waals surface area contributed by atoms with Gasteiger partial charge in [-0.3, -0.25) is 0 Å². The summed E-state index contributed by atoms with van der Waals surface area (Å²) in [5, 5.41) is 3.41. The van der Waals surface area contributed by atoms with Crippen molar-refractivity contribution < 1.29 is 0 Å². The van der Waals surface area contributed by atoms with Crippen LogP contribution in [0.1, 0.15) is 32.1 Å². The molecule has 15 heavy (non-hydrogen) atoms. The predicted octanol–water partition coefficient (Wildman–Crippen LogP) is 3.26. The highest BCUT2D eigenvalue weighted by Gasteiger charge is 2.13. The highest BCUT2D eigenvalue weighted by atomic mass is 14.9. The summed E-state index contributed by atoms with van der Waals surface area (Å²) in [6.07, 6.45) is 6.99. The smallest absolute Gasteiger partial charge is 0.0573 e. The van der Waals surface area contributed by atoms with Gasteiger partial charge in [-0.15, -0.1) is 0 Å².